The highest BCUT2D eigenvalue weighted by atomic mass is 16.5. The molecule has 5 fully saturated rings. The van der Waals surface area contributed by atoms with Crippen molar-refractivity contribution in [1.82, 2.24) is 26.6 Å². The molecule has 20 heteroatoms. The average molecular weight is 828 g/mol. The molecule has 7 N–H and O–H groups in total. The van der Waals surface area contributed by atoms with Gasteiger partial charge in [-0.25, -0.2) is 24.0 Å². The van der Waals surface area contributed by atoms with Crippen molar-refractivity contribution >= 4 is 59.4 Å². The summed E-state index contributed by atoms with van der Waals surface area (Å²) in [5.74, 6) is -3.33. The Hall–Kier alpha value is -5.30. The largest absolute Gasteiger partial charge is 0.480 e. The fourth-order valence-corrected chi connectivity index (χ4v) is 6.19. The van der Waals surface area contributed by atoms with Gasteiger partial charge in [-0.1, -0.05) is 32.1 Å². The zero-order chi connectivity index (χ0) is 43.5. The first kappa shape index (κ1) is 50.7. The molecular weight excluding hydrogens is 766 g/mol. The van der Waals surface area contributed by atoms with Gasteiger partial charge in [0, 0.05) is 32.1 Å². The van der Waals surface area contributed by atoms with E-state index in [1.165, 1.54) is 21.3 Å². The zero-order valence-corrected chi connectivity index (χ0v) is 33.7. The minimum absolute atomic E-state index is 0.0529. The van der Waals surface area contributed by atoms with E-state index in [4.69, 9.17) is 10.2 Å². The van der Waals surface area contributed by atoms with E-state index in [0.717, 1.165) is 64.2 Å². The highest BCUT2D eigenvalue weighted by Gasteiger charge is 2.26. The summed E-state index contributed by atoms with van der Waals surface area (Å²) in [6.07, 6.45) is 14.2. The third kappa shape index (κ3) is 21.9. The van der Waals surface area contributed by atoms with E-state index in [2.05, 4.69) is 40.8 Å². The van der Waals surface area contributed by atoms with Gasteiger partial charge < -0.3 is 51.0 Å². The molecule has 5 heterocycles. The van der Waals surface area contributed by atoms with Gasteiger partial charge in [0.25, 0.3) is 0 Å². The molecule has 328 valence electrons. The van der Waals surface area contributed by atoms with Crippen LogP contribution >= 0.6 is 0 Å². The normalized spacial score (nSPS) is 24.6. The number of methoxy groups -OCH3 is 3. The summed E-state index contributed by atoms with van der Waals surface area (Å²) in [4.78, 5) is 109. The standard InChI is InChI=1S/3C8H13NO3.2C7H11NO3/c3*1-12-8(11)6-4-2-3-5-7(10)9-6;2*9-6-4-2-1-3-5(8-6)7(10)11/h3*6H,2-5H2,1H3,(H,9,10);2*5H,1-4H2,(H,8,9)(H,10,11)/t;;;2*5-/m...10/s1. The van der Waals surface area contributed by atoms with Crippen LogP contribution in [0.2, 0.25) is 0 Å². The Kier molecular flexibility index (Phi) is 25.4. The minimum Gasteiger partial charge on any atom is -0.480 e. The second-order valence-electron chi connectivity index (χ2n) is 14.1. The predicted octanol–water partition coefficient (Wildman–Crippen LogP) is 0.914. The summed E-state index contributed by atoms with van der Waals surface area (Å²) in [7, 11) is 4.00. The predicted molar refractivity (Wildman–Crippen MR) is 203 cm³/mol. The lowest BCUT2D eigenvalue weighted by Gasteiger charge is -2.11. The minimum atomic E-state index is -0.930. The van der Waals surface area contributed by atoms with Crippen LogP contribution in [0.15, 0.2) is 0 Å². The zero-order valence-electron chi connectivity index (χ0n) is 33.7. The number of carbonyl (C=O) groups excluding carboxylic acids is 8. The van der Waals surface area contributed by atoms with Crippen LogP contribution in [0.1, 0.15) is 128 Å². The van der Waals surface area contributed by atoms with Crippen molar-refractivity contribution in [2.24, 2.45) is 0 Å². The van der Waals surface area contributed by atoms with E-state index in [0.29, 0.717) is 64.2 Å². The van der Waals surface area contributed by atoms with Crippen molar-refractivity contribution in [3.05, 3.63) is 0 Å². The van der Waals surface area contributed by atoms with Crippen molar-refractivity contribution in [1.29, 1.82) is 0 Å². The van der Waals surface area contributed by atoms with E-state index in [-0.39, 0.29) is 47.4 Å². The Balaban J connectivity index is 0.000000363. The van der Waals surface area contributed by atoms with Crippen molar-refractivity contribution < 1.29 is 72.4 Å². The van der Waals surface area contributed by atoms with Crippen LogP contribution in [0, 0.1) is 0 Å². The first-order valence-corrected chi connectivity index (χ1v) is 19.8. The summed E-state index contributed by atoms with van der Waals surface area (Å²) < 4.78 is 13.6. The molecular formula is C38H61N5O15. The second-order valence-corrected chi connectivity index (χ2v) is 14.1. The van der Waals surface area contributed by atoms with Gasteiger partial charge in [-0.15, -0.1) is 0 Å². The number of aliphatic carboxylic acids is 2. The highest BCUT2D eigenvalue weighted by molar-refractivity contribution is 5.87. The number of ether oxygens (including phenoxy) is 3. The van der Waals surface area contributed by atoms with Gasteiger partial charge in [0.2, 0.25) is 29.5 Å². The maximum absolute atomic E-state index is 11.0. The van der Waals surface area contributed by atoms with Crippen LogP contribution < -0.4 is 26.6 Å². The molecule has 0 radical (unpaired) electrons. The first-order chi connectivity index (χ1) is 27.6. The lowest BCUT2D eigenvalue weighted by molar-refractivity contribution is -0.145. The van der Waals surface area contributed by atoms with E-state index >= 15 is 0 Å². The van der Waals surface area contributed by atoms with Crippen LogP contribution in [0.25, 0.3) is 0 Å². The monoisotopic (exact) mass is 827 g/mol. The summed E-state index contributed by atoms with van der Waals surface area (Å²) >= 11 is 0. The number of hydrogen-bond acceptors (Lipinski definition) is 13. The smallest absolute Gasteiger partial charge is 0.328 e. The SMILES string of the molecule is COC(=O)C1CCCCC(=O)N1.COC(=O)C1CCCCC(=O)N1.COC(=O)C1CCCCC(=O)N1.O=C1CCCC[C@@H](C(=O)O)N1.O=C1CCCC[C@H](C(=O)O)N1. The Bertz CT molecular complexity index is 1270. The lowest BCUT2D eigenvalue weighted by atomic mass is 10.1. The van der Waals surface area contributed by atoms with Crippen LogP contribution in [0.4, 0.5) is 0 Å². The van der Waals surface area contributed by atoms with E-state index < -0.39 is 42.1 Å². The Morgan fingerprint density at radius 2 is 0.569 bits per heavy atom. The van der Waals surface area contributed by atoms with Crippen molar-refractivity contribution in [2.75, 3.05) is 21.3 Å². The summed E-state index contributed by atoms with van der Waals surface area (Å²) in [5, 5.41) is 29.9. The average Bonchev–Trinajstić information content (AvgIpc) is 3.81. The Morgan fingerprint density at radius 3 is 0.759 bits per heavy atom. The molecule has 5 rings (SSSR count). The molecule has 0 saturated carbocycles. The van der Waals surface area contributed by atoms with Crippen molar-refractivity contribution in [2.45, 2.75) is 159 Å². The molecule has 0 aromatic carbocycles. The van der Waals surface area contributed by atoms with E-state index in [1.54, 1.807) is 0 Å². The quantitative estimate of drug-likeness (QED) is 0.150. The molecule has 5 aliphatic heterocycles. The molecule has 0 aliphatic carbocycles. The molecule has 20 nitrogen and oxygen atoms in total. The van der Waals surface area contributed by atoms with Gasteiger partial charge in [-0.2, -0.15) is 0 Å². The molecule has 5 atom stereocenters. The summed E-state index contributed by atoms with van der Waals surface area (Å²) in [5.41, 5.74) is 0. The molecule has 5 aliphatic rings. The number of carbonyl (C=O) groups is 10. The molecule has 58 heavy (non-hydrogen) atoms. The molecule has 0 aromatic heterocycles. The molecule has 0 bridgehead atoms. The van der Waals surface area contributed by atoms with Gasteiger partial charge in [-0.05, 0) is 64.2 Å². The van der Waals surface area contributed by atoms with Crippen LogP contribution in [0.3, 0.4) is 0 Å². The number of amides is 5. The molecule has 5 saturated heterocycles. The first-order valence-electron chi connectivity index (χ1n) is 19.8. The number of carboxylic acids is 2. The van der Waals surface area contributed by atoms with Crippen LogP contribution in [-0.4, -0.2) is 121 Å². The van der Waals surface area contributed by atoms with Gasteiger partial charge in [0.1, 0.15) is 30.2 Å². The topological polar surface area (TPSA) is 299 Å². The lowest BCUT2D eigenvalue weighted by Crippen LogP contribution is -2.39. The third-order valence-electron chi connectivity index (χ3n) is 9.46. The molecule has 5 amide bonds. The van der Waals surface area contributed by atoms with Crippen LogP contribution in [-0.2, 0) is 62.2 Å². The van der Waals surface area contributed by atoms with E-state index in [9.17, 15) is 47.9 Å². The van der Waals surface area contributed by atoms with Gasteiger partial charge in [0.15, 0.2) is 0 Å². The Morgan fingerprint density at radius 1 is 0.379 bits per heavy atom. The van der Waals surface area contributed by atoms with Crippen molar-refractivity contribution in [3.63, 3.8) is 0 Å². The summed E-state index contributed by atoms with van der Waals surface area (Å²) in [6.45, 7) is 0. The maximum atomic E-state index is 11.0. The summed E-state index contributed by atoms with van der Waals surface area (Å²) in [6, 6.07) is -2.60. The maximum Gasteiger partial charge on any atom is 0.328 e. The fraction of sp³-hybridized carbons (Fsp3) is 0.737. The number of carboxylic acid groups (broad SMARTS) is 2. The fourth-order valence-electron chi connectivity index (χ4n) is 6.19. The molecule has 3 unspecified atom stereocenters. The number of rotatable bonds is 5. The molecule has 0 spiro atoms. The number of nitrogens with one attached hydrogen (secondary N) is 5. The number of esters is 3. The van der Waals surface area contributed by atoms with E-state index in [1.807, 2.05) is 0 Å². The number of hydrogen-bond donors (Lipinski definition) is 7. The van der Waals surface area contributed by atoms with Crippen molar-refractivity contribution in [3.8, 4) is 0 Å². The molecule has 0 aromatic rings. The van der Waals surface area contributed by atoms with Gasteiger partial charge in [0.05, 0.1) is 21.3 Å². The third-order valence-corrected chi connectivity index (χ3v) is 9.46. The highest BCUT2D eigenvalue weighted by Crippen LogP contribution is 2.13. The van der Waals surface area contributed by atoms with Gasteiger partial charge in [-0.3, -0.25) is 24.0 Å². The van der Waals surface area contributed by atoms with Gasteiger partial charge >= 0.3 is 29.8 Å². The second kappa shape index (κ2) is 29.0. The Labute approximate surface area is 338 Å². The van der Waals surface area contributed by atoms with Crippen LogP contribution in [0.5, 0.6) is 0 Å².